The lowest BCUT2D eigenvalue weighted by Crippen LogP contribution is -2.33. The molecule has 1 amide bonds. The zero-order chi connectivity index (χ0) is 19.1. The van der Waals surface area contributed by atoms with Crippen LogP contribution in [0.1, 0.15) is 15.9 Å². The third kappa shape index (κ3) is 4.68. The summed E-state index contributed by atoms with van der Waals surface area (Å²) in [5.74, 6) is -0.457. The largest absolute Gasteiger partial charge is 0.395 e. The summed E-state index contributed by atoms with van der Waals surface area (Å²) in [5.41, 5.74) is 1.50. The van der Waals surface area contributed by atoms with Crippen LogP contribution in [0, 0.1) is 5.82 Å². The van der Waals surface area contributed by atoms with Crippen LogP contribution >= 0.6 is 0 Å². The van der Waals surface area contributed by atoms with Crippen molar-refractivity contribution in [3.63, 3.8) is 0 Å². The summed E-state index contributed by atoms with van der Waals surface area (Å²) in [6, 6.07) is 19.0. The van der Waals surface area contributed by atoms with Crippen LogP contribution in [0.4, 0.5) is 15.9 Å². The van der Waals surface area contributed by atoms with E-state index in [1.54, 1.807) is 35.2 Å². The Labute approximate surface area is 157 Å². The van der Waals surface area contributed by atoms with Gasteiger partial charge in [-0.3, -0.25) is 4.79 Å². The van der Waals surface area contributed by atoms with Gasteiger partial charge < -0.3 is 15.3 Å². The number of nitrogens with zero attached hydrogens (tertiary/aromatic N) is 2. The number of hydrogen-bond donors (Lipinski definition) is 2. The van der Waals surface area contributed by atoms with Gasteiger partial charge in [0.1, 0.15) is 11.6 Å². The number of amides is 1. The monoisotopic (exact) mass is 365 g/mol. The van der Waals surface area contributed by atoms with E-state index in [9.17, 15) is 14.3 Å². The summed E-state index contributed by atoms with van der Waals surface area (Å²) in [4.78, 5) is 18.8. The maximum absolute atomic E-state index is 14.0. The highest BCUT2D eigenvalue weighted by Gasteiger charge is 2.20. The maximum atomic E-state index is 14.0. The fourth-order valence-electron chi connectivity index (χ4n) is 2.71. The molecule has 5 nitrogen and oxygen atoms in total. The number of aliphatic hydroxyl groups excluding tert-OH is 1. The highest BCUT2D eigenvalue weighted by molar-refractivity contribution is 5.99. The third-order valence-electron chi connectivity index (χ3n) is 4.04. The average molecular weight is 365 g/mol. The molecule has 0 aliphatic carbocycles. The molecule has 6 heteroatoms. The number of aromatic nitrogens is 1. The van der Waals surface area contributed by atoms with Crippen molar-refractivity contribution >= 4 is 17.4 Å². The van der Waals surface area contributed by atoms with Crippen LogP contribution in [-0.4, -0.2) is 34.0 Å². The Bertz CT molecular complexity index is 903. The van der Waals surface area contributed by atoms with Gasteiger partial charge in [-0.1, -0.05) is 42.5 Å². The molecule has 0 saturated carbocycles. The fourth-order valence-corrected chi connectivity index (χ4v) is 2.71. The molecule has 0 bridgehead atoms. The molecule has 0 saturated heterocycles. The molecule has 0 fully saturated rings. The number of pyridine rings is 1. The van der Waals surface area contributed by atoms with E-state index in [1.807, 2.05) is 30.3 Å². The first kappa shape index (κ1) is 18.5. The molecule has 0 atom stereocenters. The predicted molar refractivity (Wildman–Crippen MR) is 102 cm³/mol. The smallest absolute Gasteiger partial charge is 0.257 e. The summed E-state index contributed by atoms with van der Waals surface area (Å²) in [6.07, 6.45) is 1.54. The first-order chi connectivity index (χ1) is 13.2. The van der Waals surface area contributed by atoms with Crippen molar-refractivity contribution in [3.8, 4) is 0 Å². The molecule has 3 rings (SSSR count). The SMILES string of the molecule is O=C(c1cccnc1Nc1ccccc1F)N(CCO)Cc1ccccc1. The van der Waals surface area contributed by atoms with E-state index in [1.165, 1.54) is 12.3 Å². The summed E-state index contributed by atoms with van der Waals surface area (Å²) >= 11 is 0. The van der Waals surface area contributed by atoms with Crippen molar-refractivity contribution in [1.29, 1.82) is 0 Å². The van der Waals surface area contributed by atoms with Gasteiger partial charge in [-0.05, 0) is 29.8 Å². The van der Waals surface area contributed by atoms with Gasteiger partial charge in [0.15, 0.2) is 0 Å². The number of anilines is 2. The zero-order valence-electron chi connectivity index (χ0n) is 14.7. The lowest BCUT2D eigenvalue weighted by atomic mass is 10.1. The Balaban J connectivity index is 1.87. The minimum absolute atomic E-state index is 0.158. The van der Waals surface area contributed by atoms with E-state index < -0.39 is 5.82 Å². The molecule has 1 aromatic heterocycles. The first-order valence-corrected chi connectivity index (χ1v) is 8.59. The van der Waals surface area contributed by atoms with Gasteiger partial charge in [0.05, 0.1) is 17.9 Å². The number of rotatable bonds is 7. The van der Waals surface area contributed by atoms with Crippen LogP contribution in [0.5, 0.6) is 0 Å². The minimum Gasteiger partial charge on any atom is -0.395 e. The van der Waals surface area contributed by atoms with Crippen LogP contribution in [0.25, 0.3) is 0 Å². The lowest BCUT2D eigenvalue weighted by Gasteiger charge is -2.23. The summed E-state index contributed by atoms with van der Waals surface area (Å²) in [7, 11) is 0. The Morgan fingerprint density at radius 1 is 1.04 bits per heavy atom. The standard InChI is InChI=1S/C21H20FN3O2/c22-18-10-4-5-11-19(18)24-20-17(9-6-12-23-20)21(27)25(13-14-26)15-16-7-2-1-3-8-16/h1-12,26H,13-15H2,(H,23,24). The molecule has 2 aromatic carbocycles. The number of carbonyl (C=O) groups is 1. The van der Waals surface area contributed by atoms with Crippen molar-refractivity contribution < 1.29 is 14.3 Å². The van der Waals surface area contributed by atoms with E-state index in [-0.39, 0.29) is 30.6 Å². The predicted octanol–water partition coefficient (Wildman–Crippen LogP) is 3.60. The van der Waals surface area contributed by atoms with Gasteiger partial charge in [-0.2, -0.15) is 0 Å². The molecule has 0 aliphatic rings. The van der Waals surface area contributed by atoms with E-state index >= 15 is 0 Å². The summed E-state index contributed by atoms with van der Waals surface area (Å²) < 4.78 is 14.0. The summed E-state index contributed by atoms with van der Waals surface area (Å²) in [5, 5.41) is 12.3. The van der Waals surface area contributed by atoms with E-state index in [2.05, 4.69) is 10.3 Å². The Hall–Kier alpha value is -3.25. The number of nitrogens with one attached hydrogen (secondary N) is 1. The third-order valence-corrected chi connectivity index (χ3v) is 4.04. The van der Waals surface area contributed by atoms with Gasteiger partial charge in [0.25, 0.3) is 5.91 Å². The van der Waals surface area contributed by atoms with Gasteiger partial charge in [0, 0.05) is 19.3 Å². The quantitative estimate of drug-likeness (QED) is 0.671. The molecule has 1 heterocycles. The maximum Gasteiger partial charge on any atom is 0.257 e. The van der Waals surface area contributed by atoms with Crippen molar-refractivity contribution in [2.24, 2.45) is 0 Å². The topological polar surface area (TPSA) is 65.5 Å². The normalized spacial score (nSPS) is 10.4. The zero-order valence-corrected chi connectivity index (χ0v) is 14.7. The highest BCUT2D eigenvalue weighted by Crippen LogP contribution is 2.22. The molecule has 138 valence electrons. The molecule has 0 spiro atoms. The molecule has 0 unspecified atom stereocenters. The highest BCUT2D eigenvalue weighted by atomic mass is 19.1. The van der Waals surface area contributed by atoms with Crippen LogP contribution < -0.4 is 5.32 Å². The van der Waals surface area contributed by atoms with Crippen LogP contribution in [0.3, 0.4) is 0 Å². The van der Waals surface area contributed by atoms with Crippen molar-refractivity contribution in [2.45, 2.75) is 6.54 Å². The minimum atomic E-state index is -0.432. The van der Waals surface area contributed by atoms with Crippen LogP contribution in [0.2, 0.25) is 0 Å². The number of aliphatic hydroxyl groups is 1. The molecule has 0 aliphatic heterocycles. The van der Waals surface area contributed by atoms with Gasteiger partial charge >= 0.3 is 0 Å². The number of halogens is 1. The molecule has 3 aromatic rings. The molecule has 2 N–H and O–H groups in total. The van der Waals surface area contributed by atoms with Gasteiger partial charge in [-0.15, -0.1) is 0 Å². The van der Waals surface area contributed by atoms with Crippen LogP contribution in [0.15, 0.2) is 72.9 Å². The number of para-hydroxylation sites is 1. The Kier molecular flexibility index (Phi) is 6.12. The fraction of sp³-hybridized carbons (Fsp3) is 0.143. The Morgan fingerprint density at radius 3 is 2.52 bits per heavy atom. The molecular formula is C21H20FN3O2. The lowest BCUT2D eigenvalue weighted by molar-refractivity contribution is 0.0708. The molecule has 0 radical (unpaired) electrons. The average Bonchev–Trinajstić information content (AvgIpc) is 2.70. The Morgan fingerprint density at radius 2 is 1.78 bits per heavy atom. The number of carbonyl (C=O) groups excluding carboxylic acids is 1. The number of hydrogen-bond acceptors (Lipinski definition) is 4. The first-order valence-electron chi connectivity index (χ1n) is 8.59. The second kappa shape index (κ2) is 8.91. The second-order valence-corrected chi connectivity index (χ2v) is 5.94. The van der Waals surface area contributed by atoms with E-state index in [4.69, 9.17) is 0 Å². The van der Waals surface area contributed by atoms with Crippen LogP contribution in [-0.2, 0) is 6.54 Å². The van der Waals surface area contributed by atoms with Gasteiger partial charge in [-0.25, -0.2) is 9.37 Å². The second-order valence-electron chi connectivity index (χ2n) is 5.94. The van der Waals surface area contributed by atoms with Crippen molar-refractivity contribution in [3.05, 3.63) is 89.9 Å². The molecule has 27 heavy (non-hydrogen) atoms. The van der Waals surface area contributed by atoms with E-state index in [0.717, 1.165) is 5.56 Å². The summed E-state index contributed by atoms with van der Waals surface area (Å²) in [6.45, 7) is 0.380. The van der Waals surface area contributed by atoms with Crippen molar-refractivity contribution in [1.82, 2.24) is 9.88 Å². The van der Waals surface area contributed by atoms with E-state index in [0.29, 0.717) is 12.1 Å². The van der Waals surface area contributed by atoms with Crippen molar-refractivity contribution in [2.75, 3.05) is 18.5 Å². The molecular weight excluding hydrogens is 345 g/mol. The number of benzene rings is 2. The van der Waals surface area contributed by atoms with Gasteiger partial charge in [0.2, 0.25) is 0 Å².